The molecule has 0 spiro atoms. The molecule has 2 N–H and O–H groups in total. The summed E-state index contributed by atoms with van der Waals surface area (Å²) in [6.45, 7) is 0. The highest BCUT2D eigenvalue weighted by Crippen LogP contribution is 2.19. The molecule has 0 unspecified atom stereocenters. The molecule has 1 amide bonds. The summed E-state index contributed by atoms with van der Waals surface area (Å²) in [6, 6.07) is 11.0. The molecule has 1 aromatic heterocycles. The summed E-state index contributed by atoms with van der Waals surface area (Å²) >= 11 is 0. The Morgan fingerprint density at radius 2 is 1.78 bits per heavy atom. The monoisotopic (exact) mass is 376 g/mol. The van der Waals surface area contributed by atoms with Crippen molar-refractivity contribution < 1.29 is 22.4 Å². The van der Waals surface area contributed by atoms with Gasteiger partial charge in [-0.1, -0.05) is 18.2 Å². The summed E-state index contributed by atoms with van der Waals surface area (Å²) in [6.07, 6.45) is 0.873. The molecule has 6 nitrogen and oxygen atoms in total. The largest absolute Gasteiger partial charge is 0.421 e. The molecule has 0 radical (unpaired) electrons. The predicted molar refractivity (Wildman–Crippen MR) is 90.8 cm³/mol. The lowest BCUT2D eigenvalue weighted by Gasteiger charge is -2.09. The fourth-order valence-electron chi connectivity index (χ4n) is 2.27. The number of aromatic nitrogens is 2. The van der Waals surface area contributed by atoms with Gasteiger partial charge >= 0.3 is 0 Å². The van der Waals surface area contributed by atoms with Crippen molar-refractivity contribution in [3.63, 3.8) is 0 Å². The van der Waals surface area contributed by atoms with E-state index < -0.39 is 23.4 Å². The summed E-state index contributed by atoms with van der Waals surface area (Å²) in [7, 11) is 0. The number of carbonyl (C=O) groups is 1. The fourth-order valence-corrected chi connectivity index (χ4v) is 2.27. The lowest BCUT2D eigenvalue weighted by molar-refractivity contribution is -0.120. The van der Waals surface area contributed by atoms with E-state index in [1.165, 1.54) is 0 Å². The number of nitrogens with zero attached hydrogens (tertiary/aromatic N) is 2. The van der Waals surface area contributed by atoms with Crippen LogP contribution in [0.3, 0.4) is 0 Å². The van der Waals surface area contributed by atoms with E-state index in [9.17, 15) is 18.0 Å². The van der Waals surface area contributed by atoms with Crippen LogP contribution < -0.4 is 10.9 Å². The molecule has 0 saturated heterocycles. The van der Waals surface area contributed by atoms with Gasteiger partial charge in [0.25, 0.3) is 0 Å². The highest BCUT2D eigenvalue weighted by atomic mass is 19.2. The quantitative estimate of drug-likeness (QED) is 0.486. The molecular weight excluding hydrogens is 361 g/mol. The minimum Gasteiger partial charge on any atom is -0.421 e. The van der Waals surface area contributed by atoms with E-state index in [-0.39, 0.29) is 12.1 Å². The van der Waals surface area contributed by atoms with Gasteiger partial charge in [-0.3, -0.25) is 15.6 Å². The number of benzene rings is 2. The second kappa shape index (κ2) is 8.35. The van der Waals surface area contributed by atoms with E-state index in [4.69, 9.17) is 4.42 Å². The van der Waals surface area contributed by atoms with Gasteiger partial charge in [-0.15, -0.1) is 10.2 Å². The Balaban J connectivity index is 1.45. The summed E-state index contributed by atoms with van der Waals surface area (Å²) in [5.74, 6) is -4.00. The van der Waals surface area contributed by atoms with Crippen molar-refractivity contribution >= 4 is 11.6 Å². The highest BCUT2D eigenvalue weighted by molar-refractivity contribution is 5.77. The van der Waals surface area contributed by atoms with Gasteiger partial charge in [0.05, 0.1) is 5.69 Å². The number of carbonyl (C=O) groups excluding carboxylic acids is 1. The average Bonchev–Trinajstić information content (AvgIpc) is 3.15. The van der Waals surface area contributed by atoms with Crippen LogP contribution in [0.15, 0.2) is 46.9 Å². The van der Waals surface area contributed by atoms with Gasteiger partial charge < -0.3 is 4.42 Å². The maximum Gasteiger partial charge on any atom is 0.247 e. The first-order valence-corrected chi connectivity index (χ1v) is 8.11. The molecule has 0 fully saturated rings. The zero-order chi connectivity index (χ0) is 19.2. The standard InChI is InChI=1S/C18H15F3N4O2/c19-12-9-10-13(17(21)16(12)20)22-23-14(26)7-4-8-15-24-25-18(27-15)11-5-2-1-3-6-11/h1-3,5-6,9-10,22H,4,7-8H2,(H,23,26). The predicted octanol–water partition coefficient (Wildman–Crippen LogP) is 3.62. The maximum absolute atomic E-state index is 13.5. The molecule has 0 bridgehead atoms. The molecule has 3 aromatic rings. The molecule has 27 heavy (non-hydrogen) atoms. The van der Waals surface area contributed by atoms with Crippen molar-refractivity contribution in [3.8, 4) is 11.5 Å². The number of rotatable bonds is 7. The maximum atomic E-state index is 13.5. The third kappa shape index (κ3) is 4.63. The minimum atomic E-state index is -1.61. The van der Waals surface area contributed by atoms with Gasteiger partial charge in [-0.2, -0.15) is 0 Å². The van der Waals surface area contributed by atoms with Crippen LogP contribution in [-0.2, 0) is 11.2 Å². The molecule has 0 aliphatic rings. The van der Waals surface area contributed by atoms with Crippen molar-refractivity contribution in [1.82, 2.24) is 15.6 Å². The Kier molecular flexibility index (Phi) is 5.70. The lowest BCUT2D eigenvalue weighted by atomic mass is 10.2. The van der Waals surface area contributed by atoms with Crippen LogP contribution in [0.2, 0.25) is 0 Å². The summed E-state index contributed by atoms with van der Waals surface area (Å²) in [5.41, 5.74) is 4.87. The van der Waals surface area contributed by atoms with Crippen molar-refractivity contribution in [3.05, 3.63) is 65.8 Å². The van der Waals surface area contributed by atoms with Crippen LogP contribution in [0.25, 0.3) is 11.5 Å². The third-order valence-electron chi connectivity index (χ3n) is 3.65. The van der Waals surface area contributed by atoms with E-state index in [0.29, 0.717) is 24.6 Å². The smallest absolute Gasteiger partial charge is 0.247 e. The summed E-state index contributed by atoms with van der Waals surface area (Å²) < 4.78 is 44.9. The van der Waals surface area contributed by atoms with Crippen LogP contribution in [0.4, 0.5) is 18.9 Å². The van der Waals surface area contributed by atoms with Gasteiger partial charge in [-0.25, -0.2) is 13.2 Å². The number of hydrogen-bond donors (Lipinski definition) is 2. The van der Waals surface area contributed by atoms with Crippen molar-refractivity contribution in [2.45, 2.75) is 19.3 Å². The molecule has 9 heteroatoms. The SMILES string of the molecule is O=C(CCCc1nnc(-c2ccccc2)o1)NNc1ccc(F)c(F)c1F. The first-order chi connectivity index (χ1) is 13.0. The van der Waals surface area contributed by atoms with E-state index in [1.54, 1.807) is 0 Å². The highest BCUT2D eigenvalue weighted by Gasteiger charge is 2.14. The fraction of sp³-hybridized carbons (Fsp3) is 0.167. The van der Waals surface area contributed by atoms with E-state index in [2.05, 4.69) is 21.0 Å². The van der Waals surface area contributed by atoms with Crippen LogP contribution in [-0.4, -0.2) is 16.1 Å². The van der Waals surface area contributed by atoms with Crippen molar-refractivity contribution in [1.29, 1.82) is 0 Å². The Morgan fingerprint density at radius 1 is 1.00 bits per heavy atom. The van der Waals surface area contributed by atoms with Gasteiger partial charge in [0.2, 0.25) is 17.7 Å². The van der Waals surface area contributed by atoms with Crippen LogP contribution in [0.5, 0.6) is 0 Å². The number of amides is 1. The number of nitrogens with one attached hydrogen (secondary N) is 2. The zero-order valence-corrected chi connectivity index (χ0v) is 14.0. The summed E-state index contributed by atoms with van der Waals surface area (Å²) in [4.78, 5) is 11.8. The zero-order valence-electron chi connectivity index (χ0n) is 14.0. The Hall–Kier alpha value is -3.36. The van der Waals surface area contributed by atoms with Crippen LogP contribution in [0, 0.1) is 17.5 Å². The Morgan fingerprint density at radius 3 is 2.56 bits per heavy atom. The second-order valence-electron chi connectivity index (χ2n) is 5.62. The molecule has 140 valence electrons. The number of anilines is 1. The average molecular weight is 376 g/mol. The lowest BCUT2D eigenvalue weighted by Crippen LogP contribution is -2.29. The van der Waals surface area contributed by atoms with Gasteiger partial charge in [0.1, 0.15) is 0 Å². The first kappa shape index (κ1) is 18.4. The minimum absolute atomic E-state index is 0.0847. The Labute approximate surface area is 152 Å². The van der Waals surface area contributed by atoms with E-state index >= 15 is 0 Å². The topological polar surface area (TPSA) is 80.0 Å². The van der Waals surface area contributed by atoms with Gasteiger partial charge in [0.15, 0.2) is 17.5 Å². The van der Waals surface area contributed by atoms with Crippen LogP contribution in [0.1, 0.15) is 18.7 Å². The molecule has 0 aliphatic carbocycles. The normalized spacial score (nSPS) is 10.6. The van der Waals surface area contributed by atoms with Gasteiger partial charge in [-0.05, 0) is 30.7 Å². The molecule has 0 atom stereocenters. The number of hydrogen-bond acceptors (Lipinski definition) is 5. The van der Waals surface area contributed by atoms with Crippen LogP contribution >= 0.6 is 0 Å². The number of aryl methyl sites for hydroxylation is 1. The number of hydrazine groups is 1. The molecule has 1 heterocycles. The second-order valence-corrected chi connectivity index (χ2v) is 5.62. The van der Waals surface area contributed by atoms with Crippen molar-refractivity contribution in [2.24, 2.45) is 0 Å². The summed E-state index contributed by atoms with van der Waals surface area (Å²) in [5, 5.41) is 7.87. The molecule has 3 rings (SSSR count). The first-order valence-electron chi connectivity index (χ1n) is 8.11. The van der Waals surface area contributed by atoms with E-state index in [1.807, 2.05) is 30.3 Å². The molecule has 0 saturated carbocycles. The number of halogens is 3. The van der Waals surface area contributed by atoms with Crippen molar-refractivity contribution in [2.75, 3.05) is 5.43 Å². The Bertz CT molecular complexity index is 932. The van der Waals surface area contributed by atoms with Gasteiger partial charge in [0, 0.05) is 18.4 Å². The molecular formula is C18H15F3N4O2. The third-order valence-corrected chi connectivity index (χ3v) is 3.65. The molecule has 2 aromatic carbocycles. The molecule has 0 aliphatic heterocycles. The van der Waals surface area contributed by atoms with E-state index in [0.717, 1.165) is 17.7 Å².